The molecule has 0 saturated heterocycles. The third-order valence-corrected chi connectivity index (χ3v) is 5.67. The maximum atomic E-state index is 12.5. The van der Waals surface area contributed by atoms with Crippen LogP contribution in [0.25, 0.3) is 0 Å². The molecule has 1 aliphatic rings. The Labute approximate surface area is 115 Å². The van der Waals surface area contributed by atoms with Crippen molar-refractivity contribution >= 4 is 10.0 Å². The summed E-state index contributed by atoms with van der Waals surface area (Å²) in [6.07, 6.45) is 2.93. The molecule has 19 heavy (non-hydrogen) atoms. The molecule has 2 rings (SSSR count). The zero-order chi connectivity index (χ0) is 14.1. The molecule has 1 aromatic carbocycles. The lowest BCUT2D eigenvalue weighted by Crippen LogP contribution is -2.50. The lowest BCUT2D eigenvalue weighted by Gasteiger charge is -2.38. The highest BCUT2D eigenvalue weighted by Gasteiger charge is 2.36. The van der Waals surface area contributed by atoms with Gasteiger partial charge in [-0.3, -0.25) is 0 Å². The summed E-state index contributed by atoms with van der Waals surface area (Å²) in [6.45, 7) is 4.51. The molecule has 0 heterocycles. The minimum Gasteiger partial charge on any atom is -0.316 e. The summed E-state index contributed by atoms with van der Waals surface area (Å²) < 4.78 is 27.8. The van der Waals surface area contributed by atoms with Crippen LogP contribution in [0.4, 0.5) is 0 Å². The second-order valence-electron chi connectivity index (χ2n) is 5.59. The van der Waals surface area contributed by atoms with Crippen molar-refractivity contribution in [1.82, 2.24) is 10.0 Å². The van der Waals surface area contributed by atoms with Gasteiger partial charge in [-0.25, -0.2) is 13.1 Å². The van der Waals surface area contributed by atoms with Crippen molar-refractivity contribution in [3.05, 3.63) is 29.3 Å². The average molecular weight is 282 g/mol. The van der Waals surface area contributed by atoms with Gasteiger partial charge in [0, 0.05) is 12.1 Å². The normalized spacial score (nSPS) is 18.1. The molecule has 0 bridgehead atoms. The Morgan fingerprint density at radius 1 is 1.32 bits per heavy atom. The first-order chi connectivity index (χ1) is 8.88. The van der Waals surface area contributed by atoms with Gasteiger partial charge in [0.05, 0.1) is 4.90 Å². The second kappa shape index (κ2) is 5.23. The number of hydrogen-bond donors (Lipinski definition) is 2. The molecule has 0 amide bonds. The zero-order valence-corrected chi connectivity index (χ0v) is 12.6. The van der Waals surface area contributed by atoms with Crippen LogP contribution in [-0.2, 0) is 16.6 Å². The van der Waals surface area contributed by atoms with E-state index in [4.69, 9.17) is 0 Å². The number of hydrogen-bond acceptors (Lipinski definition) is 3. The van der Waals surface area contributed by atoms with E-state index in [0.717, 1.165) is 30.4 Å². The van der Waals surface area contributed by atoms with Gasteiger partial charge in [0.2, 0.25) is 10.0 Å². The standard InChI is InChI=1S/C14H22N2O2S/c1-11-12(10-15-3)6-4-7-13(11)19(17,18)16-14(2)8-5-9-14/h4,6-7,15-16H,5,8-10H2,1-3H3. The predicted molar refractivity (Wildman–Crippen MR) is 76.5 cm³/mol. The van der Waals surface area contributed by atoms with Gasteiger partial charge >= 0.3 is 0 Å². The Bertz CT molecular complexity index is 563. The van der Waals surface area contributed by atoms with Gasteiger partial charge in [-0.05, 0) is 57.4 Å². The summed E-state index contributed by atoms with van der Waals surface area (Å²) in [5.41, 5.74) is 1.58. The SMILES string of the molecule is CNCc1cccc(S(=O)(=O)NC2(C)CCC2)c1C. The molecule has 2 N–H and O–H groups in total. The highest BCUT2D eigenvalue weighted by Crippen LogP contribution is 2.33. The fourth-order valence-electron chi connectivity index (χ4n) is 2.52. The van der Waals surface area contributed by atoms with E-state index in [1.807, 2.05) is 27.0 Å². The summed E-state index contributed by atoms with van der Waals surface area (Å²) >= 11 is 0. The highest BCUT2D eigenvalue weighted by molar-refractivity contribution is 7.89. The number of nitrogens with one attached hydrogen (secondary N) is 2. The predicted octanol–water partition coefficient (Wildman–Crippen LogP) is 1.94. The van der Waals surface area contributed by atoms with Gasteiger partial charge < -0.3 is 5.32 Å². The van der Waals surface area contributed by atoms with Crippen LogP contribution in [0, 0.1) is 6.92 Å². The Morgan fingerprint density at radius 3 is 2.53 bits per heavy atom. The molecular weight excluding hydrogens is 260 g/mol. The first-order valence-electron chi connectivity index (χ1n) is 6.65. The van der Waals surface area contributed by atoms with Gasteiger partial charge in [0.1, 0.15) is 0 Å². The van der Waals surface area contributed by atoms with Crippen molar-refractivity contribution in [3.63, 3.8) is 0 Å². The number of rotatable bonds is 5. The van der Waals surface area contributed by atoms with Crippen LogP contribution in [0.5, 0.6) is 0 Å². The summed E-state index contributed by atoms with van der Waals surface area (Å²) in [6, 6.07) is 5.44. The second-order valence-corrected chi connectivity index (χ2v) is 7.24. The van der Waals surface area contributed by atoms with Gasteiger partial charge in [-0.1, -0.05) is 12.1 Å². The molecule has 0 atom stereocenters. The van der Waals surface area contributed by atoms with Crippen molar-refractivity contribution in [3.8, 4) is 0 Å². The van der Waals surface area contributed by atoms with Gasteiger partial charge in [0.25, 0.3) is 0 Å². The van der Waals surface area contributed by atoms with Crippen molar-refractivity contribution in [2.75, 3.05) is 7.05 Å². The first-order valence-corrected chi connectivity index (χ1v) is 8.13. The van der Waals surface area contributed by atoms with Crippen molar-refractivity contribution in [1.29, 1.82) is 0 Å². The number of benzene rings is 1. The highest BCUT2D eigenvalue weighted by atomic mass is 32.2. The van der Waals surface area contributed by atoms with E-state index in [1.165, 1.54) is 0 Å². The monoisotopic (exact) mass is 282 g/mol. The lowest BCUT2D eigenvalue weighted by molar-refractivity contribution is 0.248. The molecule has 1 aromatic rings. The third-order valence-electron chi connectivity index (χ3n) is 3.89. The van der Waals surface area contributed by atoms with Crippen LogP contribution < -0.4 is 10.0 Å². The quantitative estimate of drug-likeness (QED) is 0.867. The van der Waals surface area contributed by atoms with Gasteiger partial charge in [0.15, 0.2) is 0 Å². The van der Waals surface area contributed by atoms with E-state index in [9.17, 15) is 8.42 Å². The van der Waals surface area contributed by atoms with Gasteiger partial charge in [-0.2, -0.15) is 0 Å². The van der Waals surface area contributed by atoms with Crippen LogP contribution in [0.1, 0.15) is 37.3 Å². The maximum absolute atomic E-state index is 12.5. The van der Waals surface area contributed by atoms with Crippen molar-refractivity contribution < 1.29 is 8.42 Å². The summed E-state index contributed by atoms with van der Waals surface area (Å²) in [7, 11) is -1.57. The zero-order valence-electron chi connectivity index (χ0n) is 11.8. The smallest absolute Gasteiger partial charge is 0.241 e. The Morgan fingerprint density at radius 2 is 2.00 bits per heavy atom. The van der Waals surface area contributed by atoms with E-state index in [2.05, 4.69) is 10.0 Å². The third kappa shape index (κ3) is 2.99. The molecule has 0 radical (unpaired) electrons. The maximum Gasteiger partial charge on any atom is 0.241 e. The molecule has 5 heteroatoms. The van der Waals surface area contributed by atoms with Crippen LogP contribution in [-0.4, -0.2) is 21.0 Å². The largest absolute Gasteiger partial charge is 0.316 e. The average Bonchev–Trinajstić information content (AvgIpc) is 2.29. The van der Waals surface area contributed by atoms with Crippen LogP contribution >= 0.6 is 0 Å². The van der Waals surface area contributed by atoms with E-state index in [0.29, 0.717) is 11.4 Å². The molecule has 0 spiro atoms. The molecule has 1 saturated carbocycles. The van der Waals surface area contributed by atoms with Gasteiger partial charge in [-0.15, -0.1) is 0 Å². The topological polar surface area (TPSA) is 58.2 Å². The van der Waals surface area contributed by atoms with Crippen LogP contribution in [0.3, 0.4) is 0 Å². The van der Waals surface area contributed by atoms with Crippen molar-refractivity contribution in [2.45, 2.75) is 50.1 Å². The molecule has 4 nitrogen and oxygen atoms in total. The summed E-state index contributed by atoms with van der Waals surface area (Å²) in [5.74, 6) is 0. The minimum atomic E-state index is -3.43. The Hall–Kier alpha value is -0.910. The molecule has 106 valence electrons. The molecule has 0 aromatic heterocycles. The number of sulfonamides is 1. The fraction of sp³-hybridized carbons (Fsp3) is 0.571. The molecule has 1 fully saturated rings. The minimum absolute atomic E-state index is 0.260. The Balaban J connectivity index is 2.32. The van der Waals surface area contributed by atoms with E-state index < -0.39 is 10.0 Å². The van der Waals surface area contributed by atoms with Crippen molar-refractivity contribution in [2.24, 2.45) is 0 Å². The van der Waals surface area contributed by atoms with E-state index >= 15 is 0 Å². The van der Waals surface area contributed by atoms with E-state index in [1.54, 1.807) is 12.1 Å². The first kappa shape index (κ1) is 14.5. The molecule has 1 aliphatic carbocycles. The Kier molecular flexibility index (Phi) is 3.99. The summed E-state index contributed by atoms with van der Waals surface area (Å²) in [5, 5.41) is 3.06. The fourth-order valence-corrected chi connectivity index (χ4v) is 4.28. The molecular formula is C14H22N2O2S. The van der Waals surface area contributed by atoms with Crippen LogP contribution in [0.2, 0.25) is 0 Å². The molecule has 0 aliphatic heterocycles. The lowest BCUT2D eigenvalue weighted by atomic mass is 9.80. The summed E-state index contributed by atoms with van der Waals surface area (Å²) in [4.78, 5) is 0.397. The molecule has 0 unspecified atom stereocenters. The van der Waals surface area contributed by atoms with E-state index in [-0.39, 0.29) is 5.54 Å². The van der Waals surface area contributed by atoms with Crippen LogP contribution in [0.15, 0.2) is 23.1 Å².